The predicted molar refractivity (Wildman–Crippen MR) is 71.5 cm³/mol. The minimum Gasteiger partial charge on any atom is -0.449 e. The standard InChI is InChI=1S/C14H27NO3/c1-14(2,3)15(9-10-16)13(17)18-11-12-7-5-4-6-8-12/h12,16H,4-11H2,1-3H3. The van der Waals surface area contributed by atoms with Gasteiger partial charge in [-0.05, 0) is 39.5 Å². The van der Waals surface area contributed by atoms with Gasteiger partial charge < -0.3 is 14.7 Å². The Labute approximate surface area is 110 Å². The lowest BCUT2D eigenvalue weighted by molar-refractivity contribution is 0.0447. The van der Waals surface area contributed by atoms with E-state index < -0.39 is 0 Å². The Kier molecular flexibility index (Phi) is 5.93. The molecule has 0 atom stereocenters. The van der Waals surface area contributed by atoms with Crippen LogP contribution in [0.1, 0.15) is 52.9 Å². The average Bonchev–Trinajstić information content (AvgIpc) is 2.33. The van der Waals surface area contributed by atoms with E-state index in [2.05, 4.69) is 0 Å². The third-order valence-corrected chi connectivity index (χ3v) is 3.52. The van der Waals surface area contributed by atoms with Gasteiger partial charge in [0.05, 0.1) is 13.2 Å². The van der Waals surface area contributed by atoms with Gasteiger partial charge >= 0.3 is 6.09 Å². The molecule has 4 heteroatoms. The monoisotopic (exact) mass is 257 g/mol. The molecule has 1 rings (SSSR count). The van der Waals surface area contributed by atoms with Crippen molar-refractivity contribution in [2.75, 3.05) is 19.8 Å². The quantitative estimate of drug-likeness (QED) is 0.842. The van der Waals surface area contributed by atoms with Crippen LogP contribution in [-0.4, -0.2) is 41.4 Å². The van der Waals surface area contributed by atoms with Gasteiger partial charge in [-0.2, -0.15) is 0 Å². The molecule has 1 saturated carbocycles. The van der Waals surface area contributed by atoms with Gasteiger partial charge in [-0.3, -0.25) is 0 Å². The Morgan fingerprint density at radius 3 is 2.39 bits per heavy atom. The molecule has 1 fully saturated rings. The van der Waals surface area contributed by atoms with Crippen molar-refractivity contribution in [3.05, 3.63) is 0 Å². The van der Waals surface area contributed by atoms with Crippen LogP contribution >= 0.6 is 0 Å². The van der Waals surface area contributed by atoms with Crippen molar-refractivity contribution >= 4 is 6.09 Å². The van der Waals surface area contributed by atoms with Crippen molar-refractivity contribution in [3.8, 4) is 0 Å². The molecule has 0 saturated heterocycles. The molecule has 106 valence electrons. The van der Waals surface area contributed by atoms with E-state index in [1.165, 1.54) is 32.1 Å². The second kappa shape index (κ2) is 6.98. The predicted octanol–water partition coefficient (Wildman–Crippen LogP) is 2.80. The first kappa shape index (κ1) is 15.3. The summed E-state index contributed by atoms with van der Waals surface area (Å²) in [6.07, 6.45) is 5.85. The Balaban J connectivity index is 2.41. The summed E-state index contributed by atoms with van der Waals surface area (Å²) in [5.41, 5.74) is -0.313. The molecule has 0 aromatic heterocycles. The van der Waals surface area contributed by atoms with Gasteiger partial charge in [0.1, 0.15) is 0 Å². The van der Waals surface area contributed by atoms with Gasteiger partial charge in [0.15, 0.2) is 0 Å². The first-order valence-corrected chi connectivity index (χ1v) is 7.00. The number of amides is 1. The highest BCUT2D eigenvalue weighted by Crippen LogP contribution is 2.24. The fourth-order valence-corrected chi connectivity index (χ4v) is 2.42. The van der Waals surface area contributed by atoms with Crippen molar-refractivity contribution in [2.24, 2.45) is 5.92 Å². The molecule has 0 aromatic carbocycles. The number of aliphatic hydroxyl groups is 1. The third kappa shape index (κ3) is 4.84. The summed E-state index contributed by atoms with van der Waals surface area (Å²) < 4.78 is 5.40. The summed E-state index contributed by atoms with van der Waals surface area (Å²) in [6.45, 7) is 6.67. The van der Waals surface area contributed by atoms with E-state index in [1.807, 2.05) is 20.8 Å². The number of ether oxygens (including phenoxy) is 1. The minimum atomic E-state index is -0.313. The molecule has 0 radical (unpaired) electrons. The summed E-state index contributed by atoms with van der Waals surface area (Å²) in [5, 5.41) is 9.02. The fraction of sp³-hybridized carbons (Fsp3) is 0.929. The molecular formula is C14H27NO3. The van der Waals surface area contributed by atoms with Gasteiger partial charge in [-0.25, -0.2) is 4.79 Å². The molecule has 0 spiro atoms. The normalized spacial score (nSPS) is 17.6. The molecule has 18 heavy (non-hydrogen) atoms. The Hall–Kier alpha value is -0.770. The number of aliphatic hydroxyl groups excluding tert-OH is 1. The van der Waals surface area contributed by atoms with E-state index in [-0.39, 0.29) is 18.2 Å². The summed E-state index contributed by atoms with van der Waals surface area (Å²) in [4.78, 5) is 13.6. The maximum atomic E-state index is 12.0. The number of carbonyl (C=O) groups is 1. The summed E-state index contributed by atoms with van der Waals surface area (Å²) in [7, 11) is 0. The second-order valence-corrected chi connectivity index (χ2v) is 6.13. The number of hydrogen-bond acceptors (Lipinski definition) is 3. The molecule has 1 aliphatic carbocycles. The van der Waals surface area contributed by atoms with Crippen molar-refractivity contribution in [2.45, 2.75) is 58.4 Å². The maximum Gasteiger partial charge on any atom is 0.410 e. The van der Waals surface area contributed by atoms with Gasteiger partial charge in [0.2, 0.25) is 0 Å². The van der Waals surface area contributed by atoms with Crippen LogP contribution in [0.2, 0.25) is 0 Å². The highest BCUT2D eigenvalue weighted by atomic mass is 16.6. The van der Waals surface area contributed by atoms with E-state index in [1.54, 1.807) is 4.90 Å². The zero-order valence-electron chi connectivity index (χ0n) is 11.9. The van der Waals surface area contributed by atoms with Gasteiger partial charge in [0.25, 0.3) is 0 Å². The Morgan fingerprint density at radius 2 is 1.89 bits per heavy atom. The van der Waals surface area contributed by atoms with Crippen LogP contribution in [-0.2, 0) is 4.74 Å². The Bertz CT molecular complexity index is 254. The van der Waals surface area contributed by atoms with Crippen molar-refractivity contribution in [3.63, 3.8) is 0 Å². The van der Waals surface area contributed by atoms with E-state index >= 15 is 0 Å². The van der Waals surface area contributed by atoms with Gasteiger partial charge in [0, 0.05) is 12.1 Å². The molecule has 0 heterocycles. The highest BCUT2D eigenvalue weighted by molar-refractivity contribution is 5.68. The smallest absolute Gasteiger partial charge is 0.410 e. The van der Waals surface area contributed by atoms with Crippen LogP contribution in [0.15, 0.2) is 0 Å². The molecular weight excluding hydrogens is 230 g/mol. The van der Waals surface area contributed by atoms with Crippen LogP contribution in [0, 0.1) is 5.92 Å². The van der Waals surface area contributed by atoms with E-state index in [0.717, 1.165) is 0 Å². The highest BCUT2D eigenvalue weighted by Gasteiger charge is 2.27. The zero-order valence-corrected chi connectivity index (χ0v) is 11.9. The van der Waals surface area contributed by atoms with Crippen molar-refractivity contribution in [1.29, 1.82) is 0 Å². The van der Waals surface area contributed by atoms with Gasteiger partial charge in [-0.15, -0.1) is 0 Å². The third-order valence-electron chi connectivity index (χ3n) is 3.52. The van der Waals surface area contributed by atoms with E-state index in [4.69, 9.17) is 9.84 Å². The molecule has 1 N–H and O–H groups in total. The lowest BCUT2D eigenvalue weighted by Crippen LogP contribution is -2.47. The van der Waals surface area contributed by atoms with Crippen LogP contribution in [0.4, 0.5) is 4.79 Å². The van der Waals surface area contributed by atoms with Crippen LogP contribution in [0.3, 0.4) is 0 Å². The SMILES string of the molecule is CC(C)(C)N(CCO)C(=O)OCC1CCCCC1. The van der Waals surface area contributed by atoms with Gasteiger partial charge in [-0.1, -0.05) is 19.3 Å². The first-order chi connectivity index (χ1) is 8.45. The lowest BCUT2D eigenvalue weighted by atomic mass is 9.90. The molecule has 4 nitrogen and oxygen atoms in total. The summed E-state index contributed by atoms with van der Waals surface area (Å²) >= 11 is 0. The molecule has 0 aromatic rings. The number of carbonyl (C=O) groups excluding carboxylic acids is 1. The largest absolute Gasteiger partial charge is 0.449 e. The number of rotatable bonds is 4. The topological polar surface area (TPSA) is 49.8 Å². The molecule has 0 aliphatic heterocycles. The number of hydrogen-bond donors (Lipinski definition) is 1. The Morgan fingerprint density at radius 1 is 1.28 bits per heavy atom. The summed E-state index contributed by atoms with van der Waals surface area (Å²) in [6, 6.07) is 0. The van der Waals surface area contributed by atoms with E-state index in [0.29, 0.717) is 19.1 Å². The van der Waals surface area contributed by atoms with Crippen molar-refractivity contribution < 1.29 is 14.6 Å². The zero-order chi connectivity index (χ0) is 13.6. The second-order valence-electron chi connectivity index (χ2n) is 6.13. The summed E-state index contributed by atoms with van der Waals surface area (Å²) in [5.74, 6) is 0.527. The molecule has 0 bridgehead atoms. The fourth-order valence-electron chi connectivity index (χ4n) is 2.42. The van der Waals surface area contributed by atoms with Crippen LogP contribution in [0.5, 0.6) is 0 Å². The molecule has 0 unspecified atom stereocenters. The lowest BCUT2D eigenvalue weighted by Gasteiger charge is -2.34. The molecule has 1 aliphatic rings. The van der Waals surface area contributed by atoms with Crippen LogP contribution in [0.25, 0.3) is 0 Å². The maximum absolute atomic E-state index is 12.0. The van der Waals surface area contributed by atoms with E-state index in [9.17, 15) is 4.79 Å². The van der Waals surface area contributed by atoms with Crippen molar-refractivity contribution in [1.82, 2.24) is 4.90 Å². The average molecular weight is 257 g/mol. The minimum absolute atomic E-state index is 0.0319. The number of nitrogens with zero attached hydrogens (tertiary/aromatic N) is 1. The molecule has 1 amide bonds. The van der Waals surface area contributed by atoms with Crippen LogP contribution < -0.4 is 0 Å². The first-order valence-electron chi connectivity index (χ1n) is 7.00. The number of β-amino-alcohol motifs (C(OH)–C–C–N with tert-alkyl or cyclic N) is 1.